The van der Waals surface area contributed by atoms with Gasteiger partial charge in [0, 0.05) is 12.4 Å². The zero-order valence-corrected chi connectivity index (χ0v) is 9.48. The Morgan fingerprint density at radius 2 is 2.40 bits per heavy atom. The standard InChI is InChI=1S/C9H10BrN5/c10-8-4-13-15(6-8)5-7-1-2-12-9(3-7)14-11/h1-4,6H,5,11H2,(H,12,14). The highest BCUT2D eigenvalue weighted by Crippen LogP contribution is 2.10. The van der Waals surface area contributed by atoms with E-state index >= 15 is 0 Å². The number of aromatic nitrogens is 3. The number of halogens is 1. The van der Waals surface area contributed by atoms with Crippen LogP contribution in [-0.2, 0) is 6.54 Å². The van der Waals surface area contributed by atoms with E-state index in [0.717, 1.165) is 10.0 Å². The van der Waals surface area contributed by atoms with E-state index in [1.807, 2.05) is 23.0 Å². The van der Waals surface area contributed by atoms with Gasteiger partial charge in [0.05, 0.1) is 17.2 Å². The number of hydrogen-bond acceptors (Lipinski definition) is 4. The molecule has 78 valence electrons. The first-order chi connectivity index (χ1) is 7.28. The van der Waals surface area contributed by atoms with Crippen molar-refractivity contribution in [3.63, 3.8) is 0 Å². The van der Waals surface area contributed by atoms with Crippen LogP contribution in [0.1, 0.15) is 5.56 Å². The van der Waals surface area contributed by atoms with E-state index < -0.39 is 0 Å². The topological polar surface area (TPSA) is 68.8 Å². The number of nitrogen functional groups attached to an aromatic ring is 1. The van der Waals surface area contributed by atoms with Crippen molar-refractivity contribution >= 4 is 21.7 Å². The molecule has 0 saturated carbocycles. The number of rotatable bonds is 3. The molecule has 0 unspecified atom stereocenters. The van der Waals surface area contributed by atoms with E-state index in [9.17, 15) is 0 Å². The number of anilines is 1. The fourth-order valence-electron chi connectivity index (χ4n) is 1.26. The SMILES string of the molecule is NNc1cc(Cn2cc(Br)cn2)ccn1. The van der Waals surface area contributed by atoms with Crippen molar-refractivity contribution in [2.24, 2.45) is 5.84 Å². The molecule has 0 fully saturated rings. The van der Waals surface area contributed by atoms with Crippen molar-refractivity contribution < 1.29 is 0 Å². The minimum absolute atomic E-state index is 0.652. The Kier molecular flexibility index (Phi) is 2.98. The molecule has 2 rings (SSSR count). The maximum absolute atomic E-state index is 5.27. The van der Waals surface area contributed by atoms with Crippen LogP contribution in [0, 0.1) is 0 Å². The monoisotopic (exact) mass is 267 g/mol. The van der Waals surface area contributed by atoms with Crippen LogP contribution in [-0.4, -0.2) is 14.8 Å². The molecule has 5 nitrogen and oxygen atoms in total. The van der Waals surface area contributed by atoms with Crippen LogP contribution in [0.5, 0.6) is 0 Å². The number of pyridine rings is 1. The first-order valence-electron chi connectivity index (χ1n) is 4.37. The number of nitrogens with zero attached hydrogens (tertiary/aromatic N) is 3. The Hall–Kier alpha value is -1.40. The summed E-state index contributed by atoms with van der Waals surface area (Å²) in [4.78, 5) is 4.03. The van der Waals surface area contributed by atoms with Gasteiger partial charge < -0.3 is 5.43 Å². The average Bonchev–Trinajstić information content (AvgIpc) is 2.64. The van der Waals surface area contributed by atoms with Gasteiger partial charge >= 0.3 is 0 Å². The molecule has 0 radical (unpaired) electrons. The molecule has 2 aromatic rings. The first kappa shape index (κ1) is 10.1. The van der Waals surface area contributed by atoms with E-state index in [0.29, 0.717) is 12.4 Å². The van der Waals surface area contributed by atoms with Crippen molar-refractivity contribution in [2.45, 2.75) is 6.54 Å². The molecule has 2 aromatic heterocycles. The van der Waals surface area contributed by atoms with Crippen molar-refractivity contribution in [1.29, 1.82) is 0 Å². The van der Waals surface area contributed by atoms with Crippen LogP contribution in [0.15, 0.2) is 35.2 Å². The lowest BCUT2D eigenvalue weighted by Gasteiger charge is -2.03. The first-order valence-corrected chi connectivity index (χ1v) is 5.17. The van der Waals surface area contributed by atoms with Gasteiger partial charge in [0.15, 0.2) is 0 Å². The summed E-state index contributed by atoms with van der Waals surface area (Å²) in [5, 5.41) is 4.16. The lowest BCUT2D eigenvalue weighted by molar-refractivity contribution is 0.686. The van der Waals surface area contributed by atoms with Crippen LogP contribution < -0.4 is 11.3 Å². The van der Waals surface area contributed by atoms with E-state index in [-0.39, 0.29) is 0 Å². The highest BCUT2D eigenvalue weighted by atomic mass is 79.9. The lowest BCUT2D eigenvalue weighted by Crippen LogP contribution is -2.09. The van der Waals surface area contributed by atoms with Crippen molar-refractivity contribution in [3.05, 3.63) is 40.8 Å². The van der Waals surface area contributed by atoms with Crippen LogP contribution >= 0.6 is 15.9 Å². The summed E-state index contributed by atoms with van der Waals surface area (Å²) < 4.78 is 2.80. The van der Waals surface area contributed by atoms with Gasteiger partial charge in [0.1, 0.15) is 5.82 Å². The largest absolute Gasteiger partial charge is 0.308 e. The summed E-state index contributed by atoms with van der Waals surface area (Å²) in [5.74, 6) is 5.93. The summed E-state index contributed by atoms with van der Waals surface area (Å²) in [5.41, 5.74) is 3.60. The Labute approximate surface area is 95.4 Å². The molecule has 0 atom stereocenters. The Balaban J connectivity index is 2.16. The quantitative estimate of drug-likeness (QED) is 0.651. The number of nitrogens with two attached hydrogens (primary N) is 1. The Morgan fingerprint density at radius 3 is 3.07 bits per heavy atom. The molecular formula is C9H10BrN5. The van der Waals surface area contributed by atoms with Gasteiger partial charge in [-0.25, -0.2) is 10.8 Å². The summed E-state index contributed by atoms with van der Waals surface area (Å²) in [6, 6.07) is 3.81. The van der Waals surface area contributed by atoms with Crippen LogP contribution in [0.3, 0.4) is 0 Å². The minimum Gasteiger partial charge on any atom is -0.308 e. The second-order valence-corrected chi connectivity index (χ2v) is 3.97. The summed E-state index contributed by atoms with van der Waals surface area (Å²) in [7, 11) is 0. The van der Waals surface area contributed by atoms with E-state index in [4.69, 9.17) is 5.84 Å². The molecule has 15 heavy (non-hydrogen) atoms. The number of hydrogen-bond donors (Lipinski definition) is 2. The van der Waals surface area contributed by atoms with Gasteiger partial charge in [0.25, 0.3) is 0 Å². The molecule has 0 aliphatic heterocycles. The molecule has 3 N–H and O–H groups in total. The van der Waals surface area contributed by atoms with Gasteiger partial charge in [-0.05, 0) is 33.6 Å². The molecular weight excluding hydrogens is 258 g/mol. The van der Waals surface area contributed by atoms with Gasteiger partial charge in [-0.1, -0.05) is 0 Å². The average molecular weight is 268 g/mol. The number of hydrazine groups is 1. The molecule has 0 amide bonds. The maximum atomic E-state index is 5.27. The van der Waals surface area contributed by atoms with Crippen LogP contribution in [0.4, 0.5) is 5.82 Å². The highest BCUT2D eigenvalue weighted by molar-refractivity contribution is 9.10. The summed E-state index contributed by atoms with van der Waals surface area (Å²) >= 11 is 3.35. The Morgan fingerprint density at radius 1 is 1.53 bits per heavy atom. The fraction of sp³-hybridized carbons (Fsp3) is 0.111. The van der Waals surface area contributed by atoms with E-state index in [2.05, 4.69) is 31.4 Å². The fourth-order valence-corrected chi connectivity index (χ4v) is 1.59. The molecule has 0 spiro atoms. The molecule has 0 saturated heterocycles. The van der Waals surface area contributed by atoms with Gasteiger partial charge in [0.2, 0.25) is 0 Å². The molecule has 0 aliphatic rings. The molecule has 0 aliphatic carbocycles. The highest BCUT2D eigenvalue weighted by Gasteiger charge is 1.99. The normalized spacial score (nSPS) is 10.3. The van der Waals surface area contributed by atoms with Gasteiger partial charge in [-0.2, -0.15) is 5.10 Å². The van der Waals surface area contributed by atoms with Crippen molar-refractivity contribution in [1.82, 2.24) is 14.8 Å². The molecule has 0 bridgehead atoms. The van der Waals surface area contributed by atoms with Crippen LogP contribution in [0.2, 0.25) is 0 Å². The van der Waals surface area contributed by atoms with Crippen LogP contribution in [0.25, 0.3) is 0 Å². The minimum atomic E-state index is 0.652. The predicted molar refractivity (Wildman–Crippen MR) is 61.1 cm³/mol. The summed E-state index contributed by atoms with van der Waals surface area (Å²) in [6.45, 7) is 0.697. The zero-order valence-electron chi connectivity index (χ0n) is 7.89. The molecule has 2 heterocycles. The van der Waals surface area contributed by atoms with Crippen molar-refractivity contribution in [3.8, 4) is 0 Å². The second kappa shape index (κ2) is 4.41. The van der Waals surface area contributed by atoms with E-state index in [1.54, 1.807) is 12.4 Å². The third-order valence-corrected chi connectivity index (χ3v) is 2.33. The maximum Gasteiger partial charge on any atom is 0.140 e. The Bertz CT molecular complexity index is 453. The number of nitrogens with one attached hydrogen (secondary N) is 1. The van der Waals surface area contributed by atoms with Gasteiger partial charge in [-0.3, -0.25) is 4.68 Å². The molecule has 6 heteroatoms. The summed E-state index contributed by atoms with van der Waals surface area (Å²) in [6.07, 6.45) is 5.38. The lowest BCUT2D eigenvalue weighted by atomic mass is 10.2. The zero-order chi connectivity index (χ0) is 10.7. The molecule has 0 aromatic carbocycles. The third-order valence-electron chi connectivity index (χ3n) is 1.92. The smallest absolute Gasteiger partial charge is 0.140 e. The van der Waals surface area contributed by atoms with Crippen molar-refractivity contribution in [2.75, 3.05) is 5.43 Å². The predicted octanol–water partition coefficient (Wildman–Crippen LogP) is 1.37. The van der Waals surface area contributed by atoms with Gasteiger partial charge in [-0.15, -0.1) is 0 Å². The van der Waals surface area contributed by atoms with E-state index in [1.165, 1.54) is 0 Å². The second-order valence-electron chi connectivity index (χ2n) is 3.05. The third kappa shape index (κ3) is 2.54.